The summed E-state index contributed by atoms with van der Waals surface area (Å²) in [6, 6.07) is 0. The molecule has 0 aliphatic heterocycles. The van der Waals surface area contributed by atoms with Crippen LogP contribution in [-0.2, 0) is 0 Å². The number of imidazole rings is 1. The average molecular weight is 231 g/mol. The van der Waals surface area contributed by atoms with E-state index < -0.39 is 0 Å². The maximum absolute atomic E-state index is 3.67. The summed E-state index contributed by atoms with van der Waals surface area (Å²) < 4.78 is 0. The minimum Gasteiger partial charge on any atom is -0.351 e. The minimum atomic E-state index is 0. The summed E-state index contributed by atoms with van der Waals surface area (Å²) in [6.07, 6.45) is 5.08. The van der Waals surface area contributed by atoms with Crippen molar-refractivity contribution in [3.8, 4) is 0 Å². The van der Waals surface area contributed by atoms with Crippen LogP contribution in [0.1, 0.15) is 0 Å². The Morgan fingerprint density at radius 2 is 1.60 bits per heavy atom. The number of H-pyrrole nitrogens is 1. The van der Waals surface area contributed by atoms with Crippen molar-refractivity contribution in [3.05, 3.63) is 18.7 Å². The van der Waals surface area contributed by atoms with E-state index in [0.717, 1.165) is 0 Å². The molecule has 10 heavy (non-hydrogen) atoms. The molecule has 2 nitrogen and oxygen atoms in total. The first-order chi connectivity index (χ1) is 2.50. The number of aromatic amines is 1. The molecule has 58 valence electrons. The van der Waals surface area contributed by atoms with E-state index in [1.165, 1.54) is 0 Å². The van der Waals surface area contributed by atoms with Gasteiger partial charge in [0, 0.05) is 12.4 Å². The molecule has 0 fully saturated rings. The molecule has 0 radical (unpaired) electrons. The molecule has 7 heteroatoms. The summed E-state index contributed by atoms with van der Waals surface area (Å²) in [4.78, 5) is 6.42. The van der Waals surface area contributed by atoms with Gasteiger partial charge in [-0.3, -0.25) is 0 Å². The minimum absolute atomic E-state index is 0. The molecule has 1 heterocycles. The topological polar surface area (TPSA) is 28.7 Å². The van der Waals surface area contributed by atoms with Crippen molar-refractivity contribution in [2.24, 2.45) is 0 Å². The van der Waals surface area contributed by atoms with E-state index >= 15 is 0 Å². The Labute approximate surface area is 112 Å². The first-order valence-electron chi connectivity index (χ1n) is 1.43. The molecule has 1 N–H and O–H groups in total. The molecule has 0 spiro atoms. The van der Waals surface area contributed by atoms with E-state index in [0.29, 0.717) is 0 Å². The Balaban J connectivity index is -0.0000000167. The smallest absolute Gasteiger partial charge is 0.0919 e. The monoisotopic (exact) mass is 230 g/mol. The van der Waals surface area contributed by atoms with E-state index in [1.54, 1.807) is 18.7 Å². The van der Waals surface area contributed by atoms with Crippen LogP contribution in [0.3, 0.4) is 0 Å². The van der Waals surface area contributed by atoms with Crippen molar-refractivity contribution in [1.82, 2.24) is 9.97 Å². The third-order valence-corrected chi connectivity index (χ3v) is 0.406. The van der Waals surface area contributed by atoms with Crippen molar-refractivity contribution < 1.29 is 0 Å². The molecule has 0 aliphatic carbocycles. The van der Waals surface area contributed by atoms with Crippen LogP contribution < -0.4 is 0 Å². The Morgan fingerprint density at radius 1 is 1.10 bits per heavy atom. The second-order valence-corrected chi connectivity index (χ2v) is 0.761. The number of halogens is 3. The Bertz CT molecular complexity index is 78.2. The van der Waals surface area contributed by atoms with Crippen molar-refractivity contribution in [2.75, 3.05) is 0 Å². The van der Waals surface area contributed by atoms with Crippen LogP contribution in [0.5, 0.6) is 0 Å². The Hall–Kier alpha value is 1.61. The largest absolute Gasteiger partial charge is 0.351 e. The molecule has 0 saturated heterocycles. The van der Waals surface area contributed by atoms with Crippen molar-refractivity contribution in [3.63, 3.8) is 0 Å². The number of nitrogens with one attached hydrogen (secondary N) is 1. The van der Waals surface area contributed by atoms with E-state index in [4.69, 9.17) is 0 Å². The quantitative estimate of drug-likeness (QED) is 0.618. The predicted octanol–water partition coefficient (Wildman–Crippen LogP) is -0.157. The van der Waals surface area contributed by atoms with Gasteiger partial charge in [-0.25, -0.2) is 4.98 Å². The van der Waals surface area contributed by atoms with E-state index in [-0.39, 0.29) is 84.1 Å². The zero-order chi connectivity index (χ0) is 3.54. The summed E-state index contributed by atoms with van der Waals surface area (Å²) in [5.74, 6) is 0. The molecular formula is C3H11AlCl3N2Na. The van der Waals surface area contributed by atoms with Gasteiger partial charge in [-0.1, -0.05) is 0 Å². The number of rotatable bonds is 0. The Morgan fingerprint density at radius 3 is 1.70 bits per heavy atom. The molecule has 0 saturated carbocycles. The second-order valence-electron chi connectivity index (χ2n) is 0.761. The van der Waals surface area contributed by atoms with Crippen LogP contribution in [0.15, 0.2) is 18.7 Å². The van der Waals surface area contributed by atoms with Gasteiger partial charge in [0.2, 0.25) is 0 Å². The predicted molar refractivity (Wildman–Crippen MR) is 57.4 cm³/mol. The van der Waals surface area contributed by atoms with Gasteiger partial charge >= 0.3 is 29.6 Å². The van der Waals surface area contributed by atoms with Crippen LogP contribution in [0.4, 0.5) is 0 Å². The number of hydrogen-bond acceptors (Lipinski definition) is 1. The zero-order valence-electron chi connectivity index (χ0n) is 3.90. The van der Waals surface area contributed by atoms with Crippen LogP contribution in [0.25, 0.3) is 0 Å². The van der Waals surface area contributed by atoms with Crippen LogP contribution in [0.2, 0.25) is 0 Å². The van der Waals surface area contributed by atoms with Gasteiger partial charge in [0.25, 0.3) is 0 Å². The van der Waals surface area contributed by atoms with Gasteiger partial charge in [0.15, 0.2) is 17.4 Å². The molecule has 0 amide bonds. The van der Waals surface area contributed by atoms with E-state index in [1.807, 2.05) is 0 Å². The van der Waals surface area contributed by atoms with Gasteiger partial charge in [-0.15, -0.1) is 37.2 Å². The van der Waals surface area contributed by atoms with Gasteiger partial charge < -0.3 is 4.98 Å². The number of nitrogens with zero attached hydrogens (tertiary/aromatic N) is 1. The van der Waals surface area contributed by atoms with Gasteiger partial charge in [0.1, 0.15) is 0 Å². The van der Waals surface area contributed by atoms with E-state index in [9.17, 15) is 0 Å². The first kappa shape index (κ1) is 29.9. The molecule has 1 aromatic heterocycles. The van der Waals surface area contributed by atoms with Crippen molar-refractivity contribution >= 4 is 84.1 Å². The summed E-state index contributed by atoms with van der Waals surface area (Å²) >= 11 is 0. The summed E-state index contributed by atoms with van der Waals surface area (Å²) in [7, 11) is 0. The van der Waals surface area contributed by atoms with Gasteiger partial charge in [-0.05, 0) is 0 Å². The molecule has 1 rings (SSSR count). The molecule has 0 unspecified atom stereocenters. The fraction of sp³-hybridized carbons (Fsp3) is 0. The molecule has 1 aromatic rings. The number of hydrogen-bond donors (Lipinski definition) is 1. The zero-order valence-corrected chi connectivity index (χ0v) is 6.35. The standard InChI is InChI=1S/C3H4N2.Al.3ClH.Na.4H/c1-2-5-3-4-1;;;;;;;;;/h1-3H,(H,4,5);;3*1H;;;;;. The third-order valence-electron chi connectivity index (χ3n) is 0.406. The number of aromatic nitrogens is 2. The van der Waals surface area contributed by atoms with Gasteiger partial charge in [0.05, 0.1) is 6.33 Å². The maximum atomic E-state index is 3.67. The molecule has 0 aromatic carbocycles. The average Bonchev–Trinajstić information content (AvgIpc) is 1.76. The van der Waals surface area contributed by atoms with Crippen LogP contribution in [-0.4, -0.2) is 56.9 Å². The molecule has 0 aliphatic rings. The summed E-state index contributed by atoms with van der Waals surface area (Å²) in [5.41, 5.74) is 0. The third kappa shape index (κ3) is 16.3. The first-order valence-corrected chi connectivity index (χ1v) is 1.43. The molecule has 0 bridgehead atoms. The maximum Gasteiger partial charge on any atom is 0.0919 e. The van der Waals surface area contributed by atoms with Crippen molar-refractivity contribution in [2.45, 2.75) is 0 Å². The molecule has 0 atom stereocenters. The molecular weight excluding hydrogens is 220 g/mol. The fourth-order valence-corrected chi connectivity index (χ4v) is 0.215. The van der Waals surface area contributed by atoms with Crippen molar-refractivity contribution in [1.29, 1.82) is 0 Å². The van der Waals surface area contributed by atoms with Crippen LogP contribution in [0, 0.1) is 0 Å². The SMILES string of the molecule is Cl.Cl.Cl.[AlH3].[NaH].c1c[nH]cn1. The summed E-state index contributed by atoms with van der Waals surface area (Å²) in [5, 5.41) is 0. The van der Waals surface area contributed by atoms with Crippen LogP contribution >= 0.6 is 37.2 Å². The summed E-state index contributed by atoms with van der Waals surface area (Å²) in [6.45, 7) is 0. The second kappa shape index (κ2) is 22.4. The Kier molecular flexibility index (Phi) is 67.1. The van der Waals surface area contributed by atoms with Gasteiger partial charge in [-0.2, -0.15) is 0 Å². The fourth-order valence-electron chi connectivity index (χ4n) is 0.215. The normalized spacial score (nSPS) is 4.00. The van der Waals surface area contributed by atoms with E-state index in [2.05, 4.69) is 9.97 Å².